The van der Waals surface area contributed by atoms with Gasteiger partial charge in [-0.3, -0.25) is 9.69 Å². The normalized spacial score (nSPS) is 19.9. The Balaban J connectivity index is 1.87. The second kappa shape index (κ2) is 8.07. The van der Waals surface area contributed by atoms with Crippen LogP contribution in [-0.4, -0.2) is 65.8 Å². The lowest BCUT2D eigenvalue weighted by molar-refractivity contribution is -0.146. The zero-order chi connectivity index (χ0) is 19.6. The Bertz CT molecular complexity index is 858. The molecule has 0 amide bonds. The van der Waals surface area contributed by atoms with Crippen LogP contribution in [0, 0.1) is 4.84 Å². The van der Waals surface area contributed by atoms with Gasteiger partial charge >= 0.3 is 5.97 Å². The van der Waals surface area contributed by atoms with Crippen LogP contribution in [0.1, 0.15) is 6.42 Å². The van der Waals surface area contributed by atoms with Gasteiger partial charge in [-0.15, -0.1) is 5.10 Å². The van der Waals surface area contributed by atoms with Gasteiger partial charge in [-0.25, -0.2) is 4.68 Å². The third kappa shape index (κ3) is 4.12. The Morgan fingerprint density at radius 3 is 2.56 bits per heavy atom. The van der Waals surface area contributed by atoms with Crippen LogP contribution in [0.25, 0.3) is 11.5 Å². The van der Waals surface area contributed by atoms with E-state index in [-0.39, 0.29) is 11.5 Å². The van der Waals surface area contributed by atoms with Crippen molar-refractivity contribution in [2.45, 2.75) is 25.2 Å². The van der Waals surface area contributed by atoms with Crippen LogP contribution in [0.4, 0.5) is 0 Å². The number of rotatable bonds is 6. The molecule has 3 rings (SSSR count). The first-order valence-electron chi connectivity index (χ1n) is 8.26. The highest BCUT2D eigenvalue weighted by molar-refractivity contribution is 7.71. The number of carbonyl (C=O) groups excluding carboxylic acids is 1. The molecule has 1 aliphatic heterocycles. The molecular weight excluding hydrogens is 374 g/mol. The molecule has 1 aliphatic rings. The van der Waals surface area contributed by atoms with Gasteiger partial charge in [0.1, 0.15) is 17.5 Å². The van der Waals surface area contributed by atoms with E-state index in [2.05, 4.69) is 5.10 Å². The van der Waals surface area contributed by atoms with Crippen molar-refractivity contribution in [1.82, 2.24) is 14.7 Å². The SMILES string of the molecule is COC(=O)[C@@H]1C[C@@H](O)CN1Cn1nc(-c2cc(OC)cc(OC)c2)oc1=S. The molecule has 0 bridgehead atoms. The number of benzene rings is 1. The largest absolute Gasteiger partial charge is 0.497 e. The van der Waals surface area contributed by atoms with Gasteiger partial charge in [-0.1, -0.05) is 0 Å². The molecule has 0 aliphatic carbocycles. The molecule has 2 aromatic rings. The summed E-state index contributed by atoms with van der Waals surface area (Å²) in [5, 5.41) is 14.3. The second-order valence-electron chi connectivity index (χ2n) is 6.12. The van der Waals surface area contributed by atoms with Crippen LogP contribution in [0.2, 0.25) is 0 Å². The van der Waals surface area contributed by atoms with E-state index in [1.807, 2.05) is 0 Å². The summed E-state index contributed by atoms with van der Waals surface area (Å²) in [5.41, 5.74) is 0.641. The van der Waals surface area contributed by atoms with Crippen molar-refractivity contribution in [1.29, 1.82) is 0 Å². The van der Waals surface area contributed by atoms with Crippen molar-refractivity contribution in [2.24, 2.45) is 0 Å². The molecule has 2 atom stereocenters. The predicted molar refractivity (Wildman–Crippen MR) is 97.0 cm³/mol. The Kier molecular flexibility index (Phi) is 5.78. The fourth-order valence-corrected chi connectivity index (χ4v) is 3.21. The number of nitrogens with zero attached hydrogens (tertiary/aromatic N) is 3. The average molecular weight is 395 g/mol. The Morgan fingerprint density at radius 1 is 1.30 bits per heavy atom. The van der Waals surface area contributed by atoms with Crippen molar-refractivity contribution < 1.29 is 28.5 Å². The Labute approximate surface area is 161 Å². The van der Waals surface area contributed by atoms with Gasteiger partial charge < -0.3 is 23.7 Å². The molecule has 9 nitrogen and oxygen atoms in total. The molecule has 10 heteroatoms. The number of hydrogen-bond donors (Lipinski definition) is 1. The third-order valence-electron chi connectivity index (χ3n) is 4.37. The summed E-state index contributed by atoms with van der Waals surface area (Å²) in [6, 6.07) is 4.69. The molecule has 1 aromatic carbocycles. The molecule has 1 fully saturated rings. The molecule has 0 radical (unpaired) electrons. The summed E-state index contributed by atoms with van der Waals surface area (Å²) in [7, 11) is 4.43. The number of methoxy groups -OCH3 is 3. The lowest BCUT2D eigenvalue weighted by atomic mass is 10.2. The Hall–Kier alpha value is -2.43. The summed E-state index contributed by atoms with van der Waals surface area (Å²) in [4.78, 5) is 13.8. The van der Waals surface area contributed by atoms with Crippen LogP contribution in [0.3, 0.4) is 0 Å². The number of esters is 1. The quantitative estimate of drug-likeness (QED) is 0.575. The predicted octanol–water partition coefficient (Wildman–Crippen LogP) is 1.46. The zero-order valence-electron chi connectivity index (χ0n) is 15.2. The topological polar surface area (TPSA) is 99.2 Å². The van der Waals surface area contributed by atoms with Crippen molar-refractivity contribution in [3.8, 4) is 23.0 Å². The minimum absolute atomic E-state index is 0.150. The van der Waals surface area contributed by atoms with E-state index in [1.54, 1.807) is 37.3 Å². The zero-order valence-corrected chi connectivity index (χ0v) is 16.1. The minimum atomic E-state index is -0.614. The summed E-state index contributed by atoms with van der Waals surface area (Å²) >= 11 is 5.26. The number of likely N-dealkylation sites (tertiary alicyclic amines) is 1. The number of β-amino-alcohol motifs (C(OH)–C–C–N with tert-alkyl or cyclic N) is 1. The van der Waals surface area contributed by atoms with E-state index >= 15 is 0 Å². The van der Waals surface area contributed by atoms with E-state index in [4.69, 9.17) is 30.8 Å². The molecule has 1 N–H and O–H groups in total. The second-order valence-corrected chi connectivity index (χ2v) is 6.46. The van der Waals surface area contributed by atoms with Gasteiger partial charge in [0.25, 0.3) is 4.84 Å². The van der Waals surface area contributed by atoms with Crippen molar-refractivity contribution in [3.63, 3.8) is 0 Å². The third-order valence-corrected chi connectivity index (χ3v) is 4.67. The van der Waals surface area contributed by atoms with Crippen LogP contribution in [-0.2, 0) is 16.2 Å². The summed E-state index contributed by atoms with van der Waals surface area (Å²) < 4.78 is 22.4. The fourth-order valence-electron chi connectivity index (χ4n) is 3.03. The maximum absolute atomic E-state index is 11.9. The summed E-state index contributed by atoms with van der Waals surface area (Å²) in [6.45, 7) is 0.511. The van der Waals surface area contributed by atoms with Crippen molar-refractivity contribution >= 4 is 18.2 Å². The molecule has 0 unspecified atom stereocenters. The monoisotopic (exact) mass is 395 g/mol. The highest BCUT2D eigenvalue weighted by Gasteiger charge is 2.37. The number of hydrogen-bond acceptors (Lipinski definition) is 9. The first-order valence-corrected chi connectivity index (χ1v) is 8.67. The molecule has 1 aromatic heterocycles. The molecule has 1 saturated heterocycles. The van der Waals surface area contributed by atoms with E-state index in [0.717, 1.165) is 0 Å². The molecule has 0 spiro atoms. The smallest absolute Gasteiger partial charge is 0.323 e. The van der Waals surface area contributed by atoms with Gasteiger partial charge in [0, 0.05) is 24.6 Å². The van der Waals surface area contributed by atoms with E-state index in [1.165, 1.54) is 11.8 Å². The van der Waals surface area contributed by atoms with E-state index in [0.29, 0.717) is 35.9 Å². The van der Waals surface area contributed by atoms with E-state index < -0.39 is 18.1 Å². The standard InChI is InChI=1S/C17H21N3O6S/c1-23-12-4-10(5-13(7-12)24-2)15-18-20(17(27)26-15)9-19-8-11(21)6-14(19)16(22)25-3/h4-5,7,11,14,21H,6,8-9H2,1-3H3/t11-,14+/m1/s1. The molecule has 146 valence electrons. The van der Waals surface area contributed by atoms with Gasteiger partial charge in [0.15, 0.2) is 0 Å². The van der Waals surface area contributed by atoms with Crippen LogP contribution < -0.4 is 9.47 Å². The van der Waals surface area contributed by atoms with Crippen molar-refractivity contribution in [2.75, 3.05) is 27.9 Å². The highest BCUT2D eigenvalue weighted by atomic mass is 32.1. The van der Waals surface area contributed by atoms with E-state index in [9.17, 15) is 9.90 Å². The maximum atomic E-state index is 11.9. The van der Waals surface area contributed by atoms with Crippen LogP contribution in [0.5, 0.6) is 11.5 Å². The van der Waals surface area contributed by atoms with Crippen LogP contribution in [0.15, 0.2) is 22.6 Å². The van der Waals surface area contributed by atoms with Crippen molar-refractivity contribution in [3.05, 3.63) is 23.0 Å². The lowest BCUT2D eigenvalue weighted by Crippen LogP contribution is -2.38. The molecule has 2 heterocycles. The first-order chi connectivity index (χ1) is 12.9. The lowest BCUT2D eigenvalue weighted by Gasteiger charge is -2.21. The Morgan fingerprint density at radius 2 is 1.96 bits per heavy atom. The van der Waals surface area contributed by atoms with Gasteiger partial charge in [0.05, 0.1) is 34.1 Å². The summed E-state index contributed by atoms with van der Waals surface area (Å²) in [5.74, 6) is 1.08. The summed E-state index contributed by atoms with van der Waals surface area (Å²) in [6.07, 6.45) is -0.310. The number of ether oxygens (including phenoxy) is 3. The highest BCUT2D eigenvalue weighted by Crippen LogP contribution is 2.29. The van der Waals surface area contributed by atoms with Gasteiger partial charge in [-0.05, 0) is 24.4 Å². The molecule has 27 heavy (non-hydrogen) atoms. The van der Waals surface area contributed by atoms with Gasteiger partial charge in [-0.2, -0.15) is 0 Å². The number of aliphatic hydroxyl groups excluding tert-OH is 1. The first kappa shape index (κ1) is 19.3. The molecular formula is C17H21N3O6S. The molecule has 0 saturated carbocycles. The maximum Gasteiger partial charge on any atom is 0.323 e. The van der Waals surface area contributed by atoms with Crippen LogP contribution >= 0.6 is 12.2 Å². The average Bonchev–Trinajstić information content (AvgIpc) is 3.23. The fraction of sp³-hybridized carbons (Fsp3) is 0.471. The van der Waals surface area contributed by atoms with Gasteiger partial charge in [0.2, 0.25) is 5.89 Å². The number of carbonyl (C=O) groups is 1. The number of aliphatic hydroxyl groups is 1. The minimum Gasteiger partial charge on any atom is -0.497 e. The number of aromatic nitrogens is 2.